The monoisotopic (exact) mass is 302 g/mol. The van der Waals surface area contributed by atoms with Gasteiger partial charge in [0.15, 0.2) is 0 Å². The van der Waals surface area contributed by atoms with Crippen molar-refractivity contribution in [2.24, 2.45) is 5.73 Å². The maximum Gasteiger partial charge on any atom is 0.242 e. The van der Waals surface area contributed by atoms with Crippen molar-refractivity contribution in [3.8, 4) is 0 Å². The summed E-state index contributed by atoms with van der Waals surface area (Å²) < 4.78 is 0. The molecule has 2 rings (SSSR count). The van der Waals surface area contributed by atoms with E-state index in [1.54, 1.807) is 13.0 Å². The number of carbonyl (C=O) groups excluding carboxylic acids is 1. The van der Waals surface area contributed by atoms with Gasteiger partial charge in [-0.25, -0.2) is 4.98 Å². The molecule has 4 N–H and O–H groups in total. The topological polar surface area (TPSA) is 80.0 Å². The van der Waals surface area contributed by atoms with Crippen LogP contribution in [0.5, 0.6) is 0 Å². The number of aromatic nitrogens is 1. The highest BCUT2D eigenvalue weighted by atomic mass is 32.1. The van der Waals surface area contributed by atoms with Gasteiger partial charge in [-0.05, 0) is 26.0 Å². The lowest BCUT2D eigenvalue weighted by atomic mass is 10.1. The molecule has 0 aliphatic heterocycles. The molecule has 0 saturated carbocycles. The summed E-state index contributed by atoms with van der Waals surface area (Å²) >= 11 is 5.10. The molecule has 5 nitrogen and oxygen atoms in total. The van der Waals surface area contributed by atoms with Crippen molar-refractivity contribution >= 4 is 39.8 Å². The molecule has 21 heavy (non-hydrogen) atoms. The van der Waals surface area contributed by atoms with E-state index in [1.807, 2.05) is 31.2 Å². The Morgan fingerprint density at radius 2 is 2.14 bits per heavy atom. The van der Waals surface area contributed by atoms with E-state index < -0.39 is 6.04 Å². The van der Waals surface area contributed by atoms with Crippen LogP contribution in [0.3, 0.4) is 0 Å². The third kappa shape index (κ3) is 3.46. The van der Waals surface area contributed by atoms with Gasteiger partial charge >= 0.3 is 0 Å². The maximum atomic E-state index is 11.8. The first kappa shape index (κ1) is 15.2. The Morgan fingerprint density at radius 3 is 2.81 bits per heavy atom. The van der Waals surface area contributed by atoms with Gasteiger partial charge in [0.05, 0.1) is 5.52 Å². The van der Waals surface area contributed by atoms with Crippen LogP contribution >= 0.6 is 12.2 Å². The van der Waals surface area contributed by atoms with Crippen molar-refractivity contribution in [1.29, 1.82) is 0 Å². The summed E-state index contributed by atoms with van der Waals surface area (Å²) in [6.07, 6.45) is 0. The fourth-order valence-corrected chi connectivity index (χ4v) is 2.24. The van der Waals surface area contributed by atoms with Crippen molar-refractivity contribution in [1.82, 2.24) is 10.3 Å². The summed E-state index contributed by atoms with van der Waals surface area (Å²) in [7, 11) is 0. The highest BCUT2D eigenvalue weighted by molar-refractivity contribution is 7.80. The van der Waals surface area contributed by atoms with E-state index in [9.17, 15) is 4.79 Å². The van der Waals surface area contributed by atoms with Gasteiger partial charge in [0.1, 0.15) is 16.8 Å². The van der Waals surface area contributed by atoms with Crippen LogP contribution in [0.2, 0.25) is 0 Å². The summed E-state index contributed by atoms with van der Waals surface area (Å²) in [6, 6.07) is 9.01. The van der Waals surface area contributed by atoms with E-state index in [4.69, 9.17) is 18.0 Å². The summed E-state index contributed by atoms with van der Waals surface area (Å²) in [6.45, 7) is 4.25. The summed E-state index contributed by atoms with van der Waals surface area (Å²) in [4.78, 5) is 16.6. The number of fused-ring (bicyclic) bond motifs is 1. The predicted octanol–water partition coefficient (Wildman–Crippen LogP) is 1.81. The first-order valence-corrected chi connectivity index (χ1v) is 7.17. The number of nitrogens with one attached hydrogen (secondary N) is 2. The Balaban J connectivity index is 2.37. The Kier molecular flexibility index (Phi) is 4.70. The molecule has 0 aliphatic rings. The van der Waals surface area contributed by atoms with Gasteiger partial charge in [0, 0.05) is 17.5 Å². The fraction of sp³-hybridized carbons (Fsp3) is 0.267. The van der Waals surface area contributed by atoms with Gasteiger partial charge in [-0.1, -0.05) is 30.4 Å². The van der Waals surface area contributed by atoms with Crippen molar-refractivity contribution in [2.75, 3.05) is 11.9 Å². The lowest BCUT2D eigenvalue weighted by Crippen LogP contribution is -2.37. The number of benzene rings is 1. The van der Waals surface area contributed by atoms with Crippen LogP contribution in [-0.2, 0) is 4.79 Å². The quantitative estimate of drug-likeness (QED) is 0.734. The van der Waals surface area contributed by atoms with E-state index >= 15 is 0 Å². The molecule has 0 aliphatic carbocycles. The normalized spacial score (nSPS) is 11.9. The highest BCUT2D eigenvalue weighted by Gasteiger charge is 2.14. The zero-order valence-electron chi connectivity index (χ0n) is 12.0. The molecule has 1 atom stereocenters. The van der Waals surface area contributed by atoms with Gasteiger partial charge in [-0.3, -0.25) is 4.79 Å². The Hall–Kier alpha value is -2.21. The number of para-hydroxylation sites is 1. The molecule has 110 valence electrons. The van der Waals surface area contributed by atoms with Crippen LogP contribution in [-0.4, -0.2) is 28.5 Å². The smallest absolute Gasteiger partial charge is 0.242 e. The Labute approximate surface area is 128 Å². The number of nitrogens with two attached hydrogens (primary N) is 1. The molecular weight excluding hydrogens is 284 g/mol. The van der Waals surface area contributed by atoms with Gasteiger partial charge in [0.2, 0.25) is 5.91 Å². The number of hydrogen-bond donors (Lipinski definition) is 3. The van der Waals surface area contributed by atoms with Crippen LogP contribution in [0.15, 0.2) is 30.3 Å². The Morgan fingerprint density at radius 1 is 1.43 bits per heavy atom. The molecule has 1 aromatic heterocycles. The minimum Gasteiger partial charge on any atom is -0.389 e. The van der Waals surface area contributed by atoms with Gasteiger partial charge in [-0.2, -0.15) is 0 Å². The SMILES string of the molecule is CCNC(=O)C(C)Nc1cc(C(N)=S)c2ccccc2n1. The molecule has 1 amide bonds. The van der Waals surface area contributed by atoms with Crippen LogP contribution in [0, 0.1) is 0 Å². The average Bonchev–Trinajstić information content (AvgIpc) is 2.46. The molecule has 0 bridgehead atoms. The predicted molar refractivity (Wildman–Crippen MR) is 89.4 cm³/mol. The van der Waals surface area contributed by atoms with E-state index in [1.165, 1.54) is 0 Å². The van der Waals surface area contributed by atoms with E-state index in [0.717, 1.165) is 16.5 Å². The van der Waals surface area contributed by atoms with Crippen molar-refractivity contribution < 1.29 is 4.79 Å². The number of rotatable bonds is 5. The zero-order valence-corrected chi connectivity index (χ0v) is 12.8. The van der Waals surface area contributed by atoms with Crippen LogP contribution < -0.4 is 16.4 Å². The molecule has 0 spiro atoms. The lowest BCUT2D eigenvalue weighted by molar-refractivity contribution is -0.121. The lowest BCUT2D eigenvalue weighted by Gasteiger charge is -2.15. The number of pyridine rings is 1. The number of hydrogen-bond acceptors (Lipinski definition) is 4. The molecular formula is C15H18N4OS. The van der Waals surface area contributed by atoms with E-state index in [2.05, 4.69) is 15.6 Å². The van der Waals surface area contributed by atoms with Crippen molar-refractivity contribution in [3.05, 3.63) is 35.9 Å². The standard InChI is InChI=1S/C15H18N4OS/c1-3-17-15(20)9(2)18-13-8-11(14(16)21)10-6-4-5-7-12(10)19-13/h4-9H,3H2,1-2H3,(H2,16,21)(H,17,20)(H,18,19). The first-order chi connectivity index (χ1) is 10.0. The summed E-state index contributed by atoms with van der Waals surface area (Å²) in [5.41, 5.74) is 7.32. The fourth-order valence-electron chi connectivity index (χ4n) is 2.07. The average molecular weight is 302 g/mol. The minimum absolute atomic E-state index is 0.0793. The largest absolute Gasteiger partial charge is 0.389 e. The van der Waals surface area contributed by atoms with Crippen LogP contribution in [0.1, 0.15) is 19.4 Å². The van der Waals surface area contributed by atoms with Crippen LogP contribution in [0.4, 0.5) is 5.82 Å². The number of anilines is 1. The first-order valence-electron chi connectivity index (χ1n) is 6.76. The zero-order chi connectivity index (χ0) is 15.4. The number of likely N-dealkylation sites (N-methyl/N-ethyl adjacent to an activating group) is 1. The Bertz CT molecular complexity index is 686. The molecule has 1 heterocycles. The highest BCUT2D eigenvalue weighted by Crippen LogP contribution is 2.21. The second kappa shape index (κ2) is 6.49. The minimum atomic E-state index is -0.391. The second-order valence-corrected chi connectivity index (χ2v) is 5.14. The molecule has 0 fully saturated rings. The van der Waals surface area contributed by atoms with Gasteiger partial charge in [-0.15, -0.1) is 0 Å². The number of thiocarbonyl (C=S) groups is 1. The summed E-state index contributed by atoms with van der Waals surface area (Å²) in [5, 5.41) is 6.74. The van der Waals surface area contributed by atoms with Gasteiger partial charge < -0.3 is 16.4 Å². The third-order valence-electron chi connectivity index (χ3n) is 3.09. The number of nitrogens with zero attached hydrogens (tertiary/aromatic N) is 1. The molecule has 0 saturated heterocycles. The van der Waals surface area contributed by atoms with Crippen molar-refractivity contribution in [3.63, 3.8) is 0 Å². The van der Waals surface area contributed by atoms with E-state index in [0.29, 0.717) is 17.4 Å². The third-order valence-corrected chi connectivity index (χ3v) is 3.31. The molecule has 6 heteroatoms. The second-order valence-electron chi connectivity index (χ2n) is 4.70. The number of amides is 1. The summed E-state index contributed by atoms with van der Waals surface area (Å²) in [5.74, 6) is 0.500. The maximum absolute atomic E-state index is 11.8. The van der Waals surface area contributed by atoms with Crippen LogP contribution in [0.25, 0.3) is 10.9 Å². The number of carbonyl (C=O) groups is 1. The van der Waals surface area contributed by atoms with Gasteiger partial charge in [0.25, 0.3) is 0 Å². The molecule has 2 aromatic rings. The molecule has 1 unspecified atom stereocenters. The molecule has 1 aromatic carbocycles. The van der Waals surface area contributed by atoms with E-state index in [-0.39, 0.29) is 5.91 Å². The molecule has 0 radical (unpaired) electrons. The van der Waals surface area contributed by atoms with Crippen molar-refractivity contribution in [2.45, 2.75) is 19.9 Å².